The summed E-state index contributed by atoms with van der Waals surface area (Å²) in [5.74, 6) is 1.71. The van der Waals surface area contributed by atoms with Gasteiger partial charge in [-0.1, -0.05) is 23.7 Å². The lowest BCUT2D eigenvalue weighted by atomic mass is 10.1. The van der Waals surface area contributed by atoms with Crippen molar-refractivity contribution in [3.05, 3.63) is 64.7 Å². The van der Waals surface area contributed by atoms with Crippen LogP contribution in [0, 0.1) is 6.92 Å². The van der Waals surface area contributed by atoms with Gasteiger partial charge in [-0.05, 0) is 48.4 Å². The molecule has 0 atom stereocenters. The molecule has 1 aromatic heterocycles. The number of aromatic nitrogens is 1. The first-order chi connectivity index (χ1) is 10.7. The maximum Gasteiger partial charge on any atom is 0.121 e. The number of nitrogens with zero attached hydrogens (tertiary/aromatic N) is 1. The minimum atomic E-state index is 0.764. The van der Waals surface area contributed by atoms with Crippen LogP contribution in [0.3, 0.4) is 0 Å². The zero-order chi connectivity index (χ0) is 15.5. The molecule has 0 radical (unpaired) electrons. The van der Waals surface area contributed by atoms with Crippen molar-refractivity contribution in [2.75, 3.05) is 7.11 Å². The van der Waals surface area contributed by atoms with Crippen LogP contribution in [0.5, 0.6) is 5.75 Å². The van der Waals surface area contributed by atoms with Gasteiger partial charge in [-0.15, -0.1) is 11.8 Å². The fourth-order valence-electron chi connectivity index (χ4n) is 2.29. The van der Waals surface area contributed by atoms with E-state index in [1.807, 2.05) is 36.4 Å². The average Bonchev–Trinajstić information content (AvgIpc) is 2.54. The molecule has 4 heteroatoms. The van der Waals surface area contributed by atoms with Crippen molar-refractivity contribution in [3.63, 3.8) is 0 Å². The fraction of sp³-hybridized carbons (Fsp3) is 0.167. The molecule has 0 aliphatic heterocycles. The quantitative estimate of drug-likeness (QED) is 0.590. The molecule has 2 nitrogen and oxygen atoms in total. The number of methoxy groups -OCH3 is 1. The molecule has 112 valence electrons. The zero-order valence-electron chi connectivity index (χ0n) is 12.5. The molecule has 3 aromatic rings. The third-order valence-electron chi connectivity index (χ3n) is 3.50. The Kier molecular flexibility index (Phi) is 4.55. The van der Waals surface area contributed by atoms with E-state index >= 15 is 0 Å². The minimum absolute atomic E-state index is 0.764. The summed E-state index contributed by atoms with van der Waals surface area (Å²) in [6.07, 6.45) is 0. The van der Waals surface area contributed by atoms with Crippen LogP contribution in [0.2, 0.25) is 5.02 Å². The van der Waals surface area contributed by atoms with Gasteiger partial charge in [-0.2, -0.15) is 0 Å². The molecule has 3 rings (SSSR count). The van der Waals surface area contributed by atoms with Gasteiger partial charge in [-0.25, -0.2) is 4.98 Å². The lowest BCUT2D eigenvalue weighted by Crippen LogP contribution is -1.90. The predicted molar refractivity (Wildman–Crippen MR) is 94.0 cm³/mol. The third kappa shape index (κ3) is 3.37. The van der Waals surface area contributed by atoms with Gasteiger partial charge < -0.3 is 4.74 Å². The predicted octanol–water partition coefficient (Wildman–Crippen LogP) is 5.50. The van der Waals surface area contributed by atoms with Crippen molar-refractivity contribution in [2.24, 2.45) is 0 Å². The van der Waals surface area contributed by atoms with E-state index in [-0.39, 0.29) is 0 Å². The van der Waals surface area contributed by atoms with E-state index in [2.05, 4.69) is 19.1 Å². The smallest absolute Gasteiger partial charge is 0.121 e. The van der Waals surface area contributed by atoms with Crippen molar-refractivity contribution in [2.45, 2.75) is 17.7 Å². The van der Waals surface area contributed by atoms with Gasteiger partial charge in [0.25, 0.3) is 0 Å². The second-order valence-corrected chi connectivity index (χ2v) is 6.51. The number of aryl methyl sites for hydroxylation is 1. The highest BCUT2D eigenvalue weighted by Gasteiger charge is 2.05. The van der Waals surface area contributed by atoms with E-state index in [0.717, 1.165) is 32.5 Å². The number of hydrogen-bond donors (Lipinski definition) is 0. The molecule has 0 N–H and O–H groups in total. The Balaban J connectivity index is 1.85. The summed E-state index contributed by atoms with van der Waals surface area (Å²) in [7, 11) is 1.67. The monoisotopic (exact) mass is 329 g/mol. The van der Waals surface area contributed by atoms with Gasteiger partial charge in [0.1, 0.15) is 5.75 Å². The average molecular weight is 330 g/mol. The third-order valence-corrected chi connectivity index (χ3v) is 4.73. The first-order valence-electron chi connectivity index (χ1n) is 6.98. The number of benzene rings is 2. The van der Waals surface area contributed by atoms with Crippen molar-refractivity contribution in [1.29, 1.82) is 0 Å². The van der Waals surface area contributed by atoms with Gasteiger partial charge in [0.05, 0.1) is 17.7 Å². The van der Waals surface area contributed by atoms with E-state index in [1.165, 1.54) is 11.1 Å². The second-order valence-electron chi connectivity index (χ2n) is 5.08. The Hall–Kier alpha value is -1.71. The van der Waals surface area contributed by atoms with Gasteiger partial charge in [0, 0.05) is 22.2 Å². The van der Waals surface area contributed by atoms with E-state index in [1.54, 1.807) is 18.9 Å². The summed E-state index contributed by atoms with van der Waals surface area (Å²) in [5.41, 5.74) is 3.43. The van der Waals surface area contributed by atoms with Crippen LogP contribution < -0.4 is 4.74 Å². The lowest BCUT2D eigenvalue weighted by molar-refractivity contribution is 0.415. The molecular formula is C18H16ClNOS. The number of fused-ring (bicyclic) bond motifs is 1. The molecule has 0 fully saturated rings. The standard InChI is InChI=1S/C18H16ClNOS/c1-12-9-18(22-11-13-3-5-14(19)6-4-13)20-17-10-15(21-2)7-8-16(12)17/h3-10H,11H2,1-2H3. The Labute approximate surface area is 139 Å². The molecule has 0 aliphatic carbocycles. The Bertz CT molecular complexity index is 802. The van der Waals surface area contributed by atoms with Crippen LogP contribution in [0.15, 0.2) is 53.6 Å². The van der Waals surface area contributed by atoms with Gasteiger partial charge in [0.15, 0.2) is 0 Å². The number of thioether (sulfide) groups is 1. The van der Waals surface area contributed by atoms with Crippen LogP contribution in [0.25, 0.3) is 10.9 Å². The Morgan fingerprint density at radius 2 is 1.86 bits per heavy atom. The Morgan fingerprint density at radius 1 is 1.09 bits per heavy atom. The van der Waals surface area contributed by atoms with Crippen LogP contribution in [-0.4, -0.2) is 12.1 Å². The normalized spacial score (nSPS) is 10.9. The number of halogens is 1. The molecule has 0 amide bonds. The molecule has 0 unspecified atom stereocenters. The highest BCUT2D eigenvalue weighted by atomic mass is 35.5. The molecule has 0 spiro atoms. The molecule has 0 aliphatic rings. The van der Waals surface area contributed by atoms with Gasteiger partial charge in [0.2, 0.25) is 0 Å². The number of hydrogen-bond acceptors (Lipinski definition) is 3. The van der Waals surface area contributed by atoms with Crippen LogP contribution >= 0.6 is 23.4 Å². The zero-order valence-corrected chi connectivity index (χ0v) is 14.0. The number of pyridine rings is 1. The SMILES string of the molecule is COc1ccc2c(C)cc(SCc3ccc(Cl)cc3)nc2c1. The van der Waals surface area contributed by atoms with Crippen molar-refractivity contribution < 1.29 is 4.74 Å². The van der Waals surface area contributed by atoms with E-state index < -0.39 is 0 Å². The van der Waals surface area contributed by atoms with Crippen LogP contribution in [0.1, 0.15) is 11.1 Å². The summed E-state index contributed by atoms with van der Waals surface area (Å²) in [5, 5.41) is 2.95. The molecular weight excluding hydrogens is 314 g/mol. The van der Waals surface area contributed by atoms with E-state index in [9.17, 15) is 0 Å². The summed E-state index contributed by atoms with van der Waals surface area (Å²) in [6, 6.07) is 16.1. The molecule has 22 heavy (non-hydrogen) atoms. The summed E-state index contributed by atoms with van der Waals surface area (Å²) in [6.45, 7) is 2.11. The molecule has 0 bridgehead atoms. The van der Waals surface area contributed by atoms with E-state index in [0.29, 0.717) is 0 Å². The van der Waals surface area contributed by atoms with Crippen molar-refractivity contribution >= 4 is 34.3 Å². The highest BCUT2D eigenvalue weighted by molar-refractivity contribution is 7.98. The Morgan fingerprint density at radius 3 is 2.59 bits per heavy atom. The highest BCUT2D eigenvalue weighted by Crippen LogP contribution is 2.28. The number of ether oxygens (including phenoxy) is 1. The van der Waals surface area contributed by atoms with Crippen LogP contribution in [0.4, 0.5) is 0 Å². The molecule has 1 heterocycles. The second kappa shape index (κ2) is 6.59. The maximum atomic E-state index is 5.91. The first-order valence-corrected chi connectivity index (χ1v) is 8.35. The van der Waals surface area contributed by atoms with Gasteiger partial charge in [-0.3, -0.25) is 0 Å². The number of rotatable bonds is 4. The fourth-order valence-corrected chi connectivity index (χ4v) is 3.35. The molecule has 0 saturated carbocycles. The lowest BCUT2D eigenvalue weighted by Gasteiger charge is -2.08. The van der Waals surface area contributed by atoms with Gasteiger partial charge >= 0.3 is 0 Å². The molecule has 2 aromatic carbocycles. The summed E-state index contributed by atoms with van der Waals surface area (Å²) in [4.78, 5) is 4.73. The summed E-state index contributed by atoms with van der Waals surface area (Å²) < 4.78 is 5.28. The largest absolute Gasteiger partial charge is 0.497 e. The topological polar surface area (TPSA) is 22.1 Å². The van der Waals surface area contributed by atoms with E-state index in [4.69, 9.17) is 21.3 Å². The van der Waals surface area contributed by atoms with Crippen molar-refractivity contribution in [1.82, 2.24) is 4.98 Å². The summed E-state index contributed by atoms with van der Waals surface area (Å²) >= 11 is 7.64. The van der Waals surface area contributed by atoms with Crippen LogP contribution in [-0.2, 0) is 5.75 Å². The minimum Gasteiger partial charge on any atom is -0.497 e. The maximum absolute atomic E-state index is 5.91. The first kappa shape index (κ1) is 15.2. The molecule has 0 saturated heterocycles. The van der Waals surface area contributed by atoms with Crippen molar-refractivity contribution in [3.8, 4) is 5.75 Å².